The first-order valence-electron chi connectivity index (χ1n) is 6.31. The third-order valence-electron chi connectivity index (χ3n) is 3.44. The second-order valence-electron chi connectivity index (χ2n) is 4.93. The van der Waals surface area contributed by atoms with Crippen molar-refractivity contribution in [1.29, 1.82) is 0 Å². The van der Waals surface area contributed by atoms with Crippen LogP contribution in [-0.2, 0) is 13.5 Å². The summed E-state index contributed by atoms with van der Waals surface area (Å²) >= 11 is 0. The number of aromatic nitrogens is 2. The summed E-state index contributed by atoms with van der Waals surface area (Å²) in [5.41, 5.74) is 5.14. The van der Waals surface area contributed by atoms with Crippen molar-refractivity contribution in [2.75, 3.05) is 7.05 Å². The van der Waals surface area contributed by atoms with E-state index in [1.165, 1.54) is 16.7 Å². The van der Waals surface area contributed by atoms with Gasteiger partial charge >= 0.3 is 0 Å². The molecule has 0 saturated carbocycles. The lowest BCUT2D eigenvalue weighted by atomic mass is 10.00. The quantitative estimate of drug-likeness (QED) is 0.894. The largest absolute Gasteiger partial charge is 0.340 e. The molecule has 1 N–H and O–H groups in total. The molecule has 1 unspecified atom stereocenters. The van der Waals surface area contributed by atoms with Crippen molar-refractivity contribution in [3.8, 4) is 0 Å². The van der Waals surface area contributed by atoms with Crippen molar-refractivity contribution in [1.82, 2.24) is 14.9 Å². The van der Waals surface area contributed by atoms with Gasteiger partial charge in [0.05, 0.1) is 18.1 Å². The zero-order chi connectivity index (χ0) is 13.1. The fourth-order valence-electron chi connectivity index (χ4n) is 2.13. The predicted octanol–water partition coefficient (Wildman–Crippen LogP) is 2.54. The monoisotopic (exact) mass is 243 g/mol. The Kier molecular flexibility index (Phi) is 3.82. The van der Waals surface area contributed by atoms with Crippen LogP contribution in [0.4, 0.5) is 0 Å². The lowest BCUT2D eigenvalue weighted by Gasteiger charge is -2.14. The van der Waals surface area contributed by atoms with Gasteiger partial charge in [-0.25, -0.2) is 4.98 Å². The number of hydrogen-bond donors (Lipinski definition) is 1. The van der Waals surface area contributed by atoms with E-state index in [4.69, 9.17) is 0 Å². The summed E-state index contributed by atoms with van der Waals surface area (Å²) in [6.45, 7) is 4.31. The molecule has 1 aromatic carbocycles. The van der Waals surface area contributed by atoms with E-state index in [-0.39, 0.29) is 6.04 Å². The molecule has 2 rings (SSSR count). The molecule has 0 aliphatic carbocycles. The summed E-state index contributed by atoms with van der Waals surface area (Å²) in [6, 6.07) is 6.93. The van der Waals surface area contributed by atoms with Gasteiger partial charge in [0.1, 0.15) is 0 Å². The number of nitrogens with zero attached hydrogens (tertiary/aromatic N) is 2. The van der Waals surface area contributed by atoms with Crippen molar-refractivity contribution >= 4 is 0 Å². The fraction of sp³-hybridized carbons (Fsp3) is 0.400. The molecule has 1 aromatic heterocycles. The third-order valence-corrected chi connectivity index (χ3v) is 3.44. The Morgan fingerprint density at radius 1 is 1.28 bits per heavy atom. The molecule has 0 bridgehead atoms. The van der Waals surface area contributed by atoms with Crippen molar-refractivity contribution in [2.45, 2.75) is 26.3 Å². The first-order chi connectivity index (χ1) is 8.60. The highest BCUT2D eigenvalue weighted by atomic mass is 15.0. The zero-order valence-corrected chi connectivity index (χ0v) is 11.6. The fourth-order valence-corrected chi connectivity index (χ4v) is 2.13. The standard InChI is InChI=1S/C15H21N3/c1-11-5-6-13(7-12(11)2)8-14(16-3)15-9-18(4)10-17-15/h5-7,9-10,14,16H,8H2,1-4H3. The highest BCUT2D eigenvalue weighted by Crippen LogP contribution is 2.18. The molecule has 1 heterocycles. The van der Waals surface area contributed by atoms with E-state index in [0.29, 0.717) is 0 Å². The van der Waals surface area contributed by atoms with Crippen LogP contribution in [0.1, 0.15) is 28.4 Å². The number of benzene rings is 1. The summed E-state index contributed by atoms with van der Waals surface area (Å²) in [7, 11) is 3.99. The van der Waals surface area contributed by atoms with E-state index in [2.05, 4.69) is 48.5 Å². The maximum atomic E-state index is 4.42. The molecule has 1 atom stereocenters. The van der Waals surface area contributed by atoms with E-state index in [1.54, 1.807) is 0 Å². The first kappa shape index (κ1) is 12.8. The van der Waals surface area contributed by atoms with Gasteiger partial charge in [0.15, 0.2) is 0 Å². The number of likely N-dealkylation sites (N-methyl/N-ethyl adjacent to an activating group) is 1. The van der Waals surface area contributed by atoms with Gasteiger partial charge in [-0.3, -0.25) is 0 Å². The van der Waals surface area contributed by atoms with E-state index in [1.807, 2.05) is 25.0 Å². The van der Waals surface area contributed by atoms with Gasteiger partial charge in [-0.05, 0) is 44.0 Å². The van der Waals surface area contributed by atoms with Crippen LogP contribution in [0.25, 0.3) is 0 Å². The molecular formula is C15H21N3. The highest BCUT2D eigenvalue weighted by molar-refractivity contribution is 5.30. The Labute approximate surface area is 109 Å². The second-order valence-corrected chi connectivity index (χ2v) is 4.93. The number of hydrogen-bond acceptors (Lipinski definition) is 2. The number of imidazole rings is 1. The van der Waals surface area contributed by atoms with Gasteiger partial charge in [-0.1, -0.05) is 18.2 Å². The smallest absolute Gasteiger partial charge is 0.0947 e. The number of aryl methyl sites for hydroxylation is 3. The Bertz CT molecular complexity index is 528. The SMILES string of the molecule is CNC(Cc1ccc(C)c(C)c1)c1cn(C)cn1. The van der Waals surface area contributed by atoms with E-state index >= 15 is 0 Å². The van der Waals surface area contributed by atoms with Gasteiger partial charge in [-0.15, -0.1) is 0 Å². The van der Waals surface area contributed by atoms with Gasteiger partial charge < -0.3 is 9.88 Å². The molecule has 0 aliphatic heterocycles. The summed E-state index contributed by atoms with van der Waals surface area (Å²) in [5.74, 6) is 0. The van der Waals surface area contributed by atoms with Crippen molar-refractivity contribution in [3.05, 3.63) is 53.1 Å². The van der Waals surface area contributed by atoms with Crippen LogP contribution in [-0.4, -0.2) is 16.6 Å². The molecule has 3 heteroatoms. The summed E-state index contributed by atoms with van der Waals surface area (Å²) in [6.07, 6.45) is 4.89. The Morgan fingerprint density at radius 2 is 2.06 bits per heavy atom. The maximum Gasteiger partial charge on any atom is 0.0947 e. The number of rotatable bonds is 4. The predicted molar refractivity (Wildman–Crippen MR) is 74.6 cm³/mol. The van der Waals surface area contributed by atoms with Crippen LogP contribution in [0, 0.1) is 13.8 Å². The van der Waals surface area contributed by atoms with Gasteiger partial charge in [-0.2, -0.15) is 0 Å². The average Bonchev–Trinajstić information content (AvgIpc) is 2.77. The first-order valence-corrected chi connectivity index (χ1v) is 6.31. The van der Waals surface area contributed by atoms with Crippen LogP contribution < -0.4 is 5.32 Å². The van der Waals surface area contributed by atoms with Crippen molar-refractivity contribution in [3.63, 3.8) is 0 Å². The molecular weight excluding hydrogens is 222 g/mol. The van der Waals surface area contributed by atoms with E-state index in [0.717, 1.165) is 12.1 Å². The molecule has 0 radical (unpaired) electrons. The summed E-state index contributed by atoms with van der Waals surface area (Å²) in [5, 5.41) is 3.34. The minimum Gasteiger partial charge on any atom is -0.340 e. The molecule has 0 fully saturated rings. The summed E-state index contributed by atoms with van der Waals surface area (Å²) < 4.78 is 1.99. The topological polar surface area (TPSA) is 29.9 Å². The molecule has 3 nitrogen and oxygen atoms in total. The Hall–Kier alpha value is -1.61. The molecule has 0 aliphatic rings. The molecule has 0 amide bonds. The van der Waals surface area contributed by atoms with Gasteiger partial charge in [0, 0.05) is 13.2 Å². The molecule has 0 saturated heterocycles. The molecule has 18 heavy (non-hydrogen) atoms. The summed E-state index contributed by atoms with van der Waals surface area (Å²) in [4.78, 5) is 4.42. The average molecular weight is 243 g/mol. The Morgan fingerprint density at radius 3 is 2.61 bits per heavy atom. The lowest BCUT2D eigenvalue weighted by Crippen LogP contribution is -2.19. The van der Waals surface area contributed by atoms with Gasteiger partial charge in [0.25, 0.3) is 0 Å². The van der Waals surface area contributed by atoms with Crippen molar-refractivity contribution < 1.29 is 0 Å². The van der Waals surface area contributed by atoms with E-state index < -0.39 is 0 Å². The van der Waals surface area contributed by atoms with Crippen LogP contribution in [0.15, 0.2) is 30.7 Å². The third kappa shape index (κ3) is 2.79. The highest BCUT2D eigenvalue weighted by Gasteiger charge is 2.12. The van der Waals surface area contributed by atoms with Crippen molar-refractivity contribution in [2.24, 2.45) is 7.05 Å². The molecule has 0 spiro atoms. The van der Waals surface area contributed by atoms with Crippen LogP contribution in [0.2, 0.25) is 0 Å². The Balaban J connectivity index is 2.17. The van der Waals surface area contributed by atoms with Crippen LogP contribution >= 0.6 is 0 Å². The normalized spacial score (nSPS) is 12.7. The molecule has 96 valence electrons. The minimum absolute atomic E-state index is 0.272. The van der Waals surface area contributed by atoms with Crippen LogP contribution in [0.5, 0.6) is 0 Å². The second kappa shape index (κ2) is 5.36. The molecule has 2 aromatic rings. The van der Waals surface area contributed by atoms with Gasteiger partial charge in [0.2, 0.25) is 0 Å². The van der Waals surface area contributed by atoms with Crippen LogP contribution in [0.3, 0.4) is 0 Å². The lowest BCUT2D eigenvalue weighted by molar-refractivity contribution is 0.578. The van der Waals surface area contributed by atoms with E-state index in [9.17, 15) is 0 Å². The minimum atomic E-state index is 0.272. The zero-order valence-electron chi connectivity index (χ0n) is 11.6. The maximum absolute atomic E-state index is 4.42. The number of nitrogens with one attached hydrogen (secondary N) is 1.